The molecule has 0 aliphatic carbocycles. The number of rotatable bonds is 6. The predicted molar refractivity (Wildman–Crippen MR) is 122 cm³/mol. The van der Waals surface area contributed by atoms with Crippen LogP contribution in [0.3, 0.4) is 0 Å². The number of para-hydroxylation sites is 2. The zero-order valence-corrected chi connectivity index (χ0v) is 18.1. The van der Waals surface area contributed by atoms with Crippen LogP contribution in [0.4, 0.5) is 5.69 Å². The van der Waals surface area contributed by atoms with Gasteiger partial charge in [0.1, 0.15) is 5.75 Å². The number of ether oxygens (including phenoxy) is 1. The lowest BCUT2D eigenvalue weighted by Crippen LogP contribution is -2.35. The number of benzene rings is 2. The average molecular weight is 426 g/mol. The Balaban J connectivity index is 1.68. The second-order valence-corrected chi connectivity index (χ2v) is 8.06. The summed E-state index contributed by atoms with van der Waals surface area (Å²) < 4.78 is 5.75. The number of nitrogens with zero attached hydrogens (tertiary/aromatic N) is 1. The number of amides is 2. The Hall–Kier alpha value is -2.93. The van der Waals surface area contributed by atoms with E-state index >= 15 is 0 Å². The van der Waals surface area contributed by atoms with Crippen molar-refractivity contribution in [2.45, 2.75) is 26.7 Å². The fourth-order valence-electron chi connectivity index (χ4n) is 3.23. The van der Waals surface area contributed by atoms with Crippen LogP contribution in [0.15, 0.2) is 48.5 Å². The molecule has 1 aliphatic rings. The van der Waals surface area contributed by atoms with E-state index in [1.807, 2.05) is 36.9 Å². The van der Waals surface area contributed by atoms with Crippen molar-refractivity contribution in [2.75, 3.05) is 25.0 Å². The fourth-order valence-corrected chi connectivity index (χ4v) is 3.43. The van der Waals surface area contributed by atoms with E-state index in [4.69, 9.17) is 17.0 Å². The predicted octanol–water partition coefficient (Wildman–Crippen LogP) is 4.08. The molecule has 0 radical (unpaired) electrons. The largest absolute Gasteiger partial charge is 0.492 e. The summed E-state index contributed by atoms with van der Waals surface area (Å²) in [5.74, 6) is 0.456. The van der Waals surface area contributed by atoms with Gasteiger partial charge in [0.05, 0.1) is 23.4 Å². The zero-order chi connectivity index (χ0) is 21.5. The first-order chi connectivity index (χ1) is 14.5. The lowest BCUT2D eigenvalue weighted by atomic mass is 10.1. The first-order valence-electron chi connectivity index (χ1n) is 10.2. The number of nitrogens with one attached hydrogen (secondary N) is 2. The molecular weight excluding hydrogens is 398 g/mol. The summed E-state index contributed by atoms with van der Waals surface area (Å²) in [5.41, 5.74) is 1.52. The van der Waals surface area contributed by atoms with E-state index in [0.717, 1.165) is 25.9 Å². The number of carbonyl (C=O) groups is 2. The molecule has 30 heavy (non-hydrogen) atoms. The van der Waals surface area contributed by atoms with Crippen LogP contribution < -0.4 is 15.4 Å². The van der Waals surface area contributed by atoms with Crippen LogP contribution in [0.5, 0.6) is 5.75 Å². The van der Waals surface area contributed by atoms with Gasteiger partial charge in [0.15, 0.2) is 5.11 Å². The highest BCUT2D eigenvalue weighted by atomic mass is 32.1. The third kappa shape index (κ3) is 5.57. The van der Waals surface area contributed by atoms with Gasteiger partial charge >= 0.3 is 0 Å². The van der Waals surface area contributed by atoms with Gasteiger partial charge in [0.25, 0.3) is 11.8 Å². The molecule has 3 rings (SSSR count). The van der Waals surface area contributed by atoms with Crippen LogP contribution in [0, 0.1) is 5.92 Å². The maximum absolute atomic E-state index is 12.8. The summed E-state index contributed by atoms with van der Waals surface area (Å²) in [7, 11) is 0. The Bertz CT molecular complexity index is 923. The van der Waals surface area contributed by atoms with Crippen LogP contribution in [0.1, 0.15) is 47.4 Å². The number of thiocarbonyl (C=S) groups is 1. The fraction of sp³-hybridized carbons (Fsp3) is 0.348. The molecule has 6 nitrogen and oxygen atoms in total. The van der Waals surface area contributed by atoms with Gasteiger partial charge in [-0.05, 0) is 55.2 Å². The van der Waals surface area contributed by atoms with E-state index in [-0.39, 0.29) is 16.9 Å². The summed E-state index contributed by atoms with van der Waals surface area (Å²) in [6.45, 7) is 6.13. The summed E-state index contributed by atoms with van der Waals surface area (Å²) in [5, 5.41) is 5.81. The van der Waals surface area contributed by atoms with Crippen molar-refractivity contribution in [3.63, 3.8) is 0 Å². The van der Waals surface area contributed by atoms with Crippen LogP contribution in [-0.4, -0.2) is 41.5 Å². The van der Waals surface area contributed by atoms with Gasteiger partial charge < -0.3 is 15.0 Å². The maximum atomic E-state index is 12.8. The van der Waals surface area contributed by atoms with Crippen molar-refractivity contribution in [1.82, 2.24) is 10.2 Å². The van der Waals surface area contributed by atoms with Crippen molar-refractivity contribution in [2.24, 2.45) is 5.92 Å². The van der Waals surface area contributed by atoms with Crippen molar-refractivity contribution < 1.29 is 14.3 Å². The Morgan fingerprint density at radius 2 is 1.67 bits per heavy atom. The molecule has 0 saturated carbocycles. The SMILES string of the molecule is CC(C)COc1ccccc1C(=O)NC(=S)Nc1ccccc1C(=O)N1CCCC1. The van der Waals surface area contributed by atoms with E-state index in [9.17, 15) is 9.59 Å². The molecule has 7 heteroatoms. The Labute approximate surface area is 182 Å². The highest BCUT2D eigenvalue weighted by Crippen LogP contribution is 2.21. The smallest absolute Gasteiger partial charge is 0.261 e. The molecule has 2 amide bonds. The monoisotopic (exact) mass is 425 g/mol. The number of likely N-dealkylation sites (tertiary alicyclic amines) is 1. The molecule has 0 spiro atoms. The van der Waals surface area contributed by atoms with Gasteiger partial charge in [-0.2, -0.15) is 0 Å². The molecule has 0 unspecified atom stereocenters. The van der Waals surface area contributed by atoms with Crippen molar-refractivity contribution in [3.8, 4) is 5.75 Å². The maximum Gasteiger partial charge on any atom is 0.261 e. The molecule has 0 bridgehead atoms. The van der Waals surface area contributed by atoms with Gasteiger partial charge in [0.2, 0.25) is 0 Å². The van der Waals surface area contributed by atoms with Crippen molar-refractivity contribution in [1.29, 1.82) is 0 Å². The van der Waals surface area contributed by atoms with Gasteiger partial charge in [-0.15, -0.1) is 0 Å². The molecule has 0 atom stereocenters. The van der Waals surface area contributed by atoms with E-state index in [1.54, 1.807) is 30.3 Å². The topological polar surface area (TPSA) is 70.7 Å². The molecule has 1 aliphatic heterocycles. The number of hydrogen-bond acceptors (Lipinski definition) is 4. The third-order valence-corrected chi connectivity index (χ3v) is 4.93. The van der Waals surface area contributed by atoms with E-state index < -0.39 is 0 Å². The second kappa shape index (κ2) is 10.2. The highest BCUT2D eigenvalue weighted by Gasteiger charge is 2.22. The van der Waals surface area contributed by atoms with Gasteiger partial charge in [-0.3, -0.25) is 14.9 Å². The Kier molecular flexibility index (Phi) is 7.41. The summed E-state index contributed by atoms with van der Waals surface area (Å²) in [6, 6.07) is 14.2. The third-order valence-electron chi connectivity index (χ3n) is 4.73. The van der Waals surface area contributed by atoms with E-state index in [1.165, 1.54) is 0 Å². The minimum atomic E-state index is -0.366. The van der Waals surface area contributed by atoms with Gasteiger partial charge in [-0.1, -0.05) is 38.1 Å². The van der Waals surface area contributed by atoms with Crippen LogP contribution >= 0.6 is 12.2 Å². The second-order valence-electron chi connectivity index (χ2n) is 7.65. The molecule has 1 fully saturated rings. The van der Waals surface area contributed by atoms with Crippen LogP contribution in [-0.2, 0) is 0 Å². The highest BCUT2D eigenvalue weighted by molar-refractivity contribution is 7.80. The number of carbonyl (C=O) groups excluding carboxylic acids is 2. The average Bonchev–Trinajstić information content (AvgIpc) is 3.27. The first kappa shape index (κ1) is 21.8. The van der Waals surface area contributed by atoms with E-state index in [0.29, 0.717) is 35.1 Å². The Morgan fingerprint density at radius 3 is 2.37 bits per heavy atom. The van der Waals surface area contributed by atoms with E-state index in [2.05, 4.69) is 10.6 Å². The van der Waals surface area contributed by atoms with Gasteiger partial charge in [-0.25, -0.2) is 0 Å². The number of hydrogen-bond donors (Lipinski definition) is 2. The van der Waals surface area contributed by atoms with Crippen LogP contribution in [0.25, 0.3) is 0 Å². The van der Waals surface area contributed by atoms with Gasteiger partial charge in [0, 0.05) is 13.1 Å². The summed E-state index contributed by atoms with van der Waals surface area (Å²) in [6.07, 6.45) is 2.04. The van der Waals surface area contributed by atoms with Crippen LogP contribution in [0.2, 0.25) is 0 Å². The lowest BCUT2D eigenvalue weighted by Gasteiger charge is -2.19. The quantitative estimate of drug-likeness (QED) is 0.683. The minimum absolute atomic E-state index is 0.0304. The zero-order valence-electron chi connectivity index (χ0n) is 17.3. The molecule has 1 heterocycles. The summed E-state index contributed by atoms with van der Waals surface area (Å²) >= 11 is 5.33. The molecular formula is C23H27N3O3S. The molecule has 2 N–H and O–H groups in total. The number of anilines is 1. The van der Waals surface area contributed by atoms with Crippen molar-refractivity contribution in [3.05, 3.63) is 59.7 Å². The standard InChI is InChI=1S/C23H27N3O3S/c1-16(2)15-29-20-12-6-4-10-18(20)21(27)25-23(30)24-19-11-5-3-9-17(19)22(28)26-13-7-8-14-26/h3-6,9-12,16H,7-8,13-15H2,1-2H3,(H2,24,25,27,30). The molecule has 2 aromatic rings. The molecule has 0 aromatic heterocycles. The van der Waals surface area contributed by atoms with Crippen molar-refractivity contribution >= 4 is 34.8 Å². The normalized spacial score (nSPS) is 13.2. The summed E-state index contributed by atoms with van der Waals surface area (Å²) in [4.78, 5) is 27.4. The first-order valence-corrected chi connectivity index (χ1v) is 10.6. The molecule has 158 valence electrons. The minimum Gasteiger partial charge on any atom is -0.492 e. The molecule has 2 aromatic carbocycles. The molecule has 1 saturated heterocycles. The lowest BCUT2D eigenvalue weighted by molar-refractivity contribution is 0.0793. The Morgan fingerprint density at radius 1 is 1.03 bits per heavy atom.